The van der Waals surface area contributed by atoms with Crippen LogP contribution in [0.15, 0.2) is 42.5 Å². The van der Waals surface area contributed by atoms with Crippen LogP contribution < -0.4 is 10.1 Å². The largest absolute Gasteiger partial charge is 0.497 e. The number of aromatic nitrogens is 1. The van der Waals surface area contributed by atoms with Crippen LogP contribution in [0.5, 0.6) is 5.75 Å². The number of ether oxygens (including phenoxy) is 1. The van der Waals surface area contributed by atoms with E-state index in [1.54, 1.807) is 7.11 Å². The summed E-state index contributed by atoms with van der Waals surface area (Å²) in [6.45, 7) is 1.51. The highest BCUT2D eigenvalue weighted by Crippen LogP contribution is 2.35. The Labute approximate surface area is 145 Å². The summed E-state index contributed by atoms with van der Waals surface area (Å²) < 4.78 is 7.34. The van der Waals surface area contributed by atoms with Crippen LogP contribution in [0.4, 0.5) is 0 Å². The molecule has 4 nitrogen and oxygen atoms in total. The van der Waals surface area contributed by atoms with E-state index in [0.717, 1.165) is 40.7 Å². The second-order valence-electron chi connectivity index (χ2n) is 5.91. The van der Waals surface area contributed by atoms with Crippen LogP contribution in [-0.2, 0) is 6.54 Å². The van der Waals surface area contributed by atoms with Gasteiger partial charge in [0.2, 0.25) is 0 Å². The maximum Gasteiger partial charge on any atom is 0.267 e. The van der Waals surface area contributed by atoms with Gasteiger partial charge >= 0.3 is 0 Å². The summed E-state index contributed by atoms with van der Waals surface area (Å²) in [6, 6.07) is 13.7. The van der Waals surface area contributed by atoms with Crippen molar-refractivity contribution in [3.63, 3.8) is 0 Å². The van der Waals surface area contributed by atoms with Crippen LogP contribution in [0.2, 0.25) is 5.02 Å². The lowest BCUT2D eigenvalue weighted by Crippen LogP contribution is -2.22. The Kier molecular flexibility index (Phi) is 3.69. The zero-order valence-corrected chi connectivity index (χ0v) is 14.1. The normalized spacial score (nSPS) is 14.2. The van der Waals surface area contributed by atoms with Crippen molar-refractivity contribution in [1.29, 1.82) is 0 Å². The number of hydrogen-bond donors (Lipinski definition) is 1. The first-order valence-electron chi connectivity index (χ1n) is 7.93. The average Bonchev–Trinajstić information content (AvgIpc) is 2.86. The van der Waals surface area contributed by atoms with Crippen LogP contribution in [-0.4, -0.2) is 24.1 Å². The van der Waals surface area contributed by atoms with Crippen molar-refractivity contribution in [3.8, 4) is 16.9 Å². The van der Waals surface area contributed by atoms with Crippen molar-refractivity contribution in [2.24, 2.45) is 0 Å². The number of aryl methyl sites for hydroxylation is 1. The summed E-state index contributed by atoms with van der Waals surface area (Å²) in [5.41, 5.74) is 3.83. The van der Waals surface area contributed by atoms with Gasteiger partial charge in [-0.3, -0.25) is 4.79 Å². The maximum absolute atomic E-state index is 12.3. The quantitative estimate of drug-likeness (QED) is 0.763. The molecule has 1 aromatic heterocycles. The van der Waals surface area contributed by atoms with Crippen LogP contribution in [0, 0.1) is 0 Å². The molecular formula is C19H17ClN2O2. The van der Waals surface area contributed by atoms with Gasteiger partial charge in [0.25, 0.3) is 5.91 Å². The van der Waals surface area contributed by atoms with Crippen molar-refractivity contribution < 1.29 is 9.53 Å². The summed E-state index contributed by atoms with van der Waals surface area (Å²) in [5.74, 6) is 0.783. The highest BCUT2D eigenvalue weighted by atomic mass is 35.5. The molecule has 1 aliphatic heterocycles. The maximum atomic E-state index is 12.3. The molecule has 0 saturated heterocycles. The molecule has 0 unspecified atom stereocenters. The third-order valence-electron chi connectivity index (χ3n) is 4.43. The molecule has 1 amide bonds. The van der Waals surface area contributed by atoms with Gasteiger partial charge < -0.3 is 14.6 Å². The van der Waals surface area contributed by atoms with Gasteiger partial charge in [-0.2, -0.15) is 0 Å². The molecule has 1 N–H and O–H groups in total. The third kappa shape index (κ3) is 2.43. The fourth-order valence-electron chi connectivity index (χ4n) is 3.32. The molecule has 0 saturated carbocycles. The standard InChI is InChI=1S/C19H17ClN2O2/c1-24-15-5-3-12(4-6-15)16-11-14(20)9-13-10-17-19(23)21-7-2-8-22(17)18(13)16/h3-6,9-11H,2,7-8H2,1H3,(H,21,23). The van der Waals surface area contributed by atoms with Gasteiger partial charge in [0.1, 0.15) is 11.4 Å². The number of fused-ring (bicyclic) bond motifs is 3. The topological polar surface area (TPSA) is 43.3 Å². The summed E-state index contributed by atoms with van der Waals surface area (Å²) >= 11 is 6.33. The molecular weight excluding hydrogens is 324 g/mol. The Balaban J connectivity index is 1.98. The SMILES string of the molecule is COc1ccc(-c2cc(Cl)cc3cc4n(c23)CCCNC4=O)cc1. The molecule has 4 rings (SSSR count). The van der Waals surface area contributed by atoms with Gasteiger partial charge in [-0.25, -0.2) is 0 Å². The number of nitrogens with zero attached hydrogens (tertiary/aromatic N) is 1. The summed E-state index contributed by atoms with van der Waals surface area (Å²) in [4.78, 5) is 12.3. The van der Waals surface area contributed by atoms with Crippen LogP contribution in [0.3, 0.4) is 0 Å². The minimum absolute atomic E-state index is 0.0273. The fraction of sp³-hybridized carbons (Fsp3) is 0.211. The molecule has 2 heterocycles. The number of nitrogens with one attached hydrogen (secondary N) is 1. The number of benzene rings is 2. The van der Waals surface area contributed by atoms with Crippen molar-refractivity contribution in [2.75, 3.05) is 13.7 Å². The first kappa shape index (κ1) is 15.1. The van der Waals surface area contributed by atoms with Crippen molar-refractivity contribution >= 4 is 28.4 Å². The second kappa shape index (κ2) is 5.87. The predicted molar refractivity (Wildman–Crippen MR) is 95.9 cm³/mol. The zero-order valence-electron chi connectivity index (χ0n) is 13.3. The average molecular weight is 341 g/mol. The molecule has 1 aliphatic rings. The Morgan fingerprint density at radius 1 is 1.17 bits per heavy atom. The van der Waals surface area contributed by atoms with Gasteiger partial charge in [-0.15, -0.1) is 0 Å². The van der Waals surface area contributed by atoms with E-state index >= 15 is 0 Å². The zero-order chi connectivity index (χ0) is 16.7. The van der Waals surface area contributed by atoms with E-state index < -0.39 is 0 Å². The molecule has 3 aromatic rings. The lowest BCUT2D eigenvalue weighted by atomic mass is 10.0. The monoisotopic (exact) mass is 340 g/mol. The van der Waals surface area contributed by atoms with Gasteiger partial charge in [-0.05, 0) is 42.3 Å². The minimum Gasteiger partial charge on any atom is -0.497 e. The lowest BCUT2D eigenvalue weighted by Gasteiger charge is -2.11. The van der Waals surface area contributed by atoms with Gasteiger partial charge in [0.15, 0.2) is 0 Å². The Bertz CT molecular complexity index is 929. The lowest BCUT2D eigenvalue weighted by molar-refractivity contribution is 0.0951. The van der Waals surface area contributed by atoms with Crippen LogP contribution in [0.1, 0.15) is 16.9 Å². The molecule has 0 aliphatic carbocycles. The number of hydrogen-bond acceptors (Lipinski definition) is 2. The fourth-order valence-corrected chi connectivity index (χ4v) is 3.54. The number of carbonyl (C=O) groups is 1. The number of halogens is 1. The van der Waals surface area contributed by atoms with Gasteiger partial charge in [-0.1, -0.05) is 23.7 Å². The van der Waals surface area contributed by atoms with E-state index in [1.807, 2.05) is 42.5 Å². The number of methoxy groups -OCH3 is 1. The smallest absolute Gasteiger partial charge is 0.267 e. The highest BCUT2D eigenvalue weighted by molar-refractivity contribution is 6.32. The van der Waals surface area contributed by atoms with E-state index in [2.05, 4.69) is 9.88 Å². The third-order valence-corrected chi connectivity index (χ3v) is 4.65. The van der Waals surface area contributed by atoms with Crippen molar-refractivity contribution in [1.82, 2.24) is 9.88 Å². The van der Waals surface area contributed by atoms with E-state index in [1.165, 1.54) is 0 Å². The number of amides is 1. The first-order chi connectivity index (χ1) is 11.7. The Morgan fingerprint density at radius 3 is 2.71 bits per heavy atom. The summed E-state index contributed by atoms with van der Waals surface area (Å²) in [6.07, 6.45) is 0.910. The molecule has 0 fully saturated rings. The molecule has 2 aromatic carbocycles. The molecule has 0 bridgehead atoms. The van der Waals surface area contributed by atoms with E-state index in [0.29, 0.717) is 17.3 Å². The molecule has 0 atom stereocenters. The van der Waals surface area contributed by atoms with Crippen molar-refractivity contribution in [2.45, 2.75) is 13.0 Å². The first-order valence-corrected chi connectivity index (χ1v) is 8.30. The Hall–Kier alpha value is -2.46. The van der Waals surface area contributed by atoms with E-state index in [9.17, 15) is 4.79 Å². The minimum atomic E-state index is -0.0273. The van der Waals surface area contributed by atoms with Crippen LogP contribution >= 0.6 is 11.6 Å². The van der Waals surface area contributed by atoms with Crippen molar-refractivity contribution in [3.05, 3.63) is 53.2 Å². The second-order valence-corrected chi connectivity index (χ2v) is 6.35. The van der Waals surface area contributed by atoms with E-state index in [4.69, 9.17) is 16.3 Å². The highest BCUT2D eigenvalue weighted by Gasteiger charge is 2.21. The van der Waals surface area contributed by atoms with Crippen LogP contribution in [0.25, 0.3) is 22.0 Å². The molecule has 122 valence electrons. The van der Waals surface area contributed by atoms with Gasteiger partial charge in [0, 0.05) is 29.1 Å². The summed E-state index contributed by atoms with van der Waals surface area (Å²) in [7, 11) is 1.65. The Morgan fingerprint density at radius 2 is 1.96 bits per heavy atom. The molecule has 24 heavy (non-hydrogen) atoms. The number of carbonyl (C=O) groups excluding carboxylic acids is 1. The van der Waals surface area contributed by atoms with E-state index in [-0.39, 0.29) is 5.91 Å². The predicted octanol–water partition coefficient (Wildman–Crippen LogP) is 4.10. The molecule has 5 heteroatoms. The molecule has 0 radical (unpaired) electrons. The molecule has 0 spiro atoms. The summed E-state index contributed by atoms with van der Waals surface area (Å²) in [5, 5.41) is 4.59. The number of rotatable bonds is 2. The van der Waals surface area contributed by atoms with Gasteiger partial charge in [0.05, 0.1) is 12.6 Å².